The molecular weight excluding hydrogens is 400 g/mol. The number of nitrogens with zero attached hydrogens (tertiary/aromatic N) is 4. The number of Topliss-reactive ketones (excluding diaryl/α,β-unsaturated/α-hetero) is 1. The normalized spacial score (nSPS) is 15.2. The number of fused-ring (bicyclic) bond motifs is 1. The number of carbonyl (C=O) groups excluding carboxylic acids is 1. The molecule has 1 aromatic carbocycles. The molecule has 1 aliphatic rings. The van der Waals surface area contributed by atoms with Gasteiger partial charge in [0.25, 0.3) is 0 Å². The fourth-order valence-corrected chi connectivity index (χ4v) is 4.38. The molecule has 0 aliphatic carbocycles. The number of allylic oxidation sites excluding steroid dienone is 1. The van der Waals surface area contributed by atoms with Crippen LogP contribution in [0, 0.1) is 13.8 Å². The summed E-state index contributed by atoms with van der Waals surface area (Å²) in [7, 11) is 1.88. The lowest BCUT2D eigenvalue weighted by Crippen LogP contribution is -2.24. The van der Waals surface area contributed by atoms with E-state index in [1.54, 1.807) is 0 Å². The van der Waals surface area contributed by atoms with Crippen LogP contribution in [0.3, 0.4) is 0 Å². The van der Waals surface area contributed by atoms with Crippen LogP contribution in [0.2, 0.25) is 0 Å². The Bertz CT molecular complexity index is 1100. The molecule has 0 fully saturated rings. The molecule has 0 unspecified atom stereocenters. The van der Waals surface area contributed by atoms with Crippen LogP contribution in [0.5, 0.6) is 11.5 Å². The molecule has 8 heteroatoms. The number of aromatic nitrogens is 4. The molecule has 7 nitrogen and oxygen atoms in total. The molecular formula is C22H24N4O3S. The monoisotopic (exact) mass is 424 g/mol. The van der Waals surface area contributed by atoms with Crippen molar-refractivity contribution in [2.45, 2.75) is 31.7 Å². The highest BCUT2D eigenvalue weighted by atomic mass is 32.2. The topological polar surface area (TPSA) is 71.2 Å². The first kappa shape index (κ1) is 20.3. The lowest BCUT2D eigenvalue weighted by molar-refractivity contribution is 0.0825. The smallest absolute Gasteiger partial charge is 0.192 e. The van der Waals surface area contributed by atoms with Crippen LogP contribution >= 0.6 is 11.8 Å². The first-order valence-corrected chi connectivity index (χ1v) is 10.7. The number of hydrogen-bond acceptors (Lipinski definition) is 6. The van der Waals surface area contributed by atoms with E-state index in [0.717, 1.165) is 22.7 Å². The molecule has 0 saturated heterocycles. The molecule has 0 saturated carbocycles. The van der Waals surface area contributed by atoms with Crippen molar-refractivity contribution in [2.75, 3.05) is 12.4 Å². The summed E-state index contributed by atoms with van der Waals surface area (Å²) in [6.45, 7) is 8.80. The minimum absolute atomic E-state index is 0.0686. The van der Waals surface area contributed by atoms with Gasteiger partial charge < -0.3 is 18.6 Å². The average Bonchev–Trinajstić information content (AvgIpc) is 3.26. The third kappa shape index (κ3) is 3.75. The SMILES string of the molecule is C=CCn1c(C)cc(C(=O)CSc2nnc([C@@H]3COc4ccccc4O3)n2C)c1C. The van der Waals surface area contributed by atoms with Gasteiger partial charge in [0, 0.05) is 30.5 Å². The summed E-state index contributed by atoms with van der Waals surface area (Å²) in [6, 6.07) is 9.50. The van der Waals surface area contributed by atoms with Gasteiger partial charge in [0.05, 0.1) is 5.75 Å². The Balaban J connectivity index is 1.45. The summed E-state index contributed by atoms with van der Waals surface area (Å²) in [5.74, 6) is 2.44. The fourth-order valence-electron chi connectivity index (χ4n) is 3.58. The Morgan fingerprint density at radius 3 is 2.83 bits per heavy atom. The Morgan fingerprint density at radius 1 is 1.30 bits per heavy atom. The molecule has 0 radical (unpaired) electrons. The standard InChI is InChI=1S/C22H24N4O3S/c1-5-10-26-14(2)11-16(15(26)3)17(27)13-30-22-24-23-21(25(22)4)20-12-28-18-8-6-7-9-19(18)29-20/h5-9,11,20H,1,10,12-13H2,2-4H3/t20-/m0/s1. The van der Waals surface area contributed by atoms with Gasteiger partial charge in [-0.15, -0.1) is 16.8 Å². The van der Waals surface area contributed by atoms with Crippen LogP contribution in [0.25, 0.3) is 0 Å². The molecule has 3 heterocycles. The number of hydrogen-bond donors (Lipinski definition) is 0. The van der Waals surface area contributed by atoms with Crippen molar-refractivity contribution in [3.05, 3.63) is 65.8 Å². The summed E-state index contributed by atoms with van der Waals surface area (Å²) in [5, 5.41) is 9.21. The van der Waals surface area contributed by atoms with Gasteiger partial charge in [0.1, 0.15) is 6.61 Å². The summed E-state index contributed by atoms with van der Waals surface area (Å²) >= 11 is 1.37. The van der Waals surface area contributed by atoms with Gasteiger partial charge in [-0.1, -0.05) is 30.0 Å². The van der Waals surface area contributed by atoms with Gasteiger partial charge >= 0.3 is 0 Å². The Kier molecular flexibility index (Phi) is 5.67. The van der Waals surface area contributed by atoms with E-state index in [1.165, 1.54) is 11.8 Å². The first-order chi connectivity index (χ1) is 14.5. The molecule has 2 aromatic heterocycles. The number of aryl methyl sites for hydroxylation is 1. The van der Waals surface area contributed by atoms with E-state index in [0.29, 0.717) is 29.9 Å². The maximum Gasteiger partial charge on any atom is 0.192 e. The lowest BCUT2D eigenvalue weighted by Gasteiger charge is -2.25. The molecule has 0 bridgehead atoms. The van der Waals surface area contributed by atoms with Crippen molar-refractivity contribution in [2.24, 2.45) is 7.05 Å². The number of carbonyl (C=O) groups is 1. The molecule has 0 amide bonds. The van der Waals surface area contributed by atoms with E-state index >= 15 is 0 Å². The molecule has 3 aromatic rings. The maximum atomic E-state index is 12.8. The molecule has 156 valence electrons. The second-order valence-electron chi connectivity index (χ2n) is 7.16. The Hall–Kier alpha value is -3.00. The van der Waals surface area contributed by atoms with E-state index in [9.17, 15) is 4.79 Å². The largest absolute Gasteiger partial charge is 0.485 e. The van der Waals surface area contributed by atoms with E-state index in [-0.39, 0.29) is 17.6 Å². The predicted molar refractivity (Wildman–Crippen MR) is 115 cm³/mol. The maximum absolute atomic E-state index is 12.8. The Morgan fingerprint density at radius 2 is 2.07 bits per heavy atom. The van der Waals surface area contributed by atoms with Crippen molar-refractivity contribution in [1.29, 1.82) is 0 Å². The molecule has 4 rings (SSSR count). The van der Waals surface area contributed by atoms with Crippen LogP contribution in [-0.2, 0) is 13.6 Å². The van der Waals surface area contributed by atoms with Gasteiger partial charge in [0.15, 0.2) is 34.4 Å². The Labute approximate surface area is 179 Å². The summed E-state index contributed by atoms with van der Waals surface area (Å²) in [6.07, 6.45) is 1.49. The highest BCUT2D eigenvalue weighted by molar-refractivity contribution is 7.99. The van der Waals surface area contributed by atoms with Crippen LogP contribution < -0.4 is 9.47 Å². The molecule has 1 aliphatic heterocycles. The zero-order valence-electron chi connectivity index (χ0n) is 17.3. The van der Waals surface area contributed by atoms with Gasteiger partial charge in [-0.25, -0.2) is 0 Å². The molecule has 0 spiro atoms. The van der Waals surface area contributed by atoms with Crippen LogP contribution in [0.15, 0.2) is 48.1 Å². The van der Waals surface area contributed by atoms with Crippen molar-refractivity contribution in [3.63, 3.8) is 0 Å². The predicted octanol–water partition coefficient (Wildman–Crippen LogP) is 3.91. The van der Waals surface area contributed by atoms with Gasteiger partial charge in [0.2, 0.25) is 0 Å². The third-order valence-corrected chi connectivity index (χ3v) is 6.20. The van der Waals surface area contributed by atoms with E-state index in [2.05, 4.69) is 21.3 Å². The van der Waals surface area contributed by atoms with Crippen LogP contribution in [-0.4, -0.2) is 37.5 Å². The van der Waals surface area contributed by atoms with E-state index < -0.39 is 0 Å². The fraction of sp³-hybridized carbons (Fsp3) is 0.318. The summed E-state index contributed by atoms with van der Waals surface area (Å²) in [4.78, 5) is 12.8. The zero-order valence-corrected chi connectivity index (χ0v) is 18.1. The third-order valence-electron chi connectivity index (χ3n) is 5.18. The van der Waals surface area contributed by atoms with Crippen molar-refractivity contribution >= 4 is 17.5 Å². The number of ketones is 1. The molecule has 1 atom stereocenters. The quantitative estimate of drug-likeness (QED) is 0.325. The second-order valence-corrected chi connectivity index (χ2v) is 8.10. The molecule has 30 heavy (non-hydrogen) atoms. The second kappa shape index (κ2) is 8.39. The van der Waals surface area contributed by atoms with Crippen LogP contribution in [0.1, 0.15) is 33.7 Å². The summed E-state index contributed by atoms with van der Waals surface area (Å²) < 4.78 is 15.8. The molecule has 0 N–H and O–H groups in total. The average molecular weight is 425 g/mol. The number of ether oxygens (including phenoxy) is 2. The van der Waals surface area contributed by atoms with Crippen molar-refractivity contribution in [3.8, 4) is 11.5 Å². The summed E-state index contributed by atoms with van der Waals surface area (Å²) in [5.41, 5.74) is 2.75. The highest BCUT2D eigenvalue weighted by Crippen LogP contribution is 2.35. The van der Waals surface area contributed by atoms with E-state index in [4.69, 9.17) is 9.47 Å². The van der Waals surface area contributed by atoms with E-state index in [1.807, 2.05) is 61.9 Å². The number of thioether (sulfide) groups is 1. The zero-order chi connectivity index (χ0) is 21.3. The van der Waals surface area contributed by atoms with Crippen LogP contribution in [0.4, 0.5) is 0 Å². The minimum Gasteiger partial charge on any atom is -0.485 e. The van der Waals surface area contributed by atoms with Gasteiger partial charge in [-0.2, -0.15) is 0 Å². The number of rotatable bonds is 7. The highest BCUT2D eigenvalue weighted by Gasteiger charge is 2.27. The van der Waals surface area contributed by atoms with Crippen molar-refractivity contribution in [1.82, 2.24) is 19.3 Å². The minimum atomic E-state index is -0.347. The van der Waals surface area contributed by atoms with Gasteiger partial charge in [-0.05, 0) is 32.0 Å². The van der Waals surface area contributed by atoms with Gasteiger partial charge in [-0.3, -0.25) is 4.79 Å². The first-order valence-electron chi connectivity index (χ1n) is 9.71. The number of benzene rings is 1. The lowest BCUT2D eigenvalue weighted by atomic mass is 10.2. The van der Waals surface area contributed by atoms with Crippen molar-refractivity contribution < 1.29 is 14.3 Å². The number of para-hydroxylation sites is 2.